The van der Waals surface area contributed by atoms with E-state index in [4.69, 9.17) is 17.3 Å². The second kappa shape index (κ2) is 7.98. The zero-order chi connectivity index (χ0) is 16.0. The van der Waals surface area contributed by atoms with Crippen LogP contribution in [0.3, 0.4) is 0 Å². The summed E-state index contributed by atoms with van der Waals surface area (Å²) in [7, 11) is -3.58. The van der Waals surface area contributed by atoms with Gasteiger partial charge < -0.3 is 10.6 Å². The Bertz CT molecular complexity index is 572. The highest BCUT2D eigenvalue weighted by Gasteiger charge is 2.18. The molecule has 0 saturated heterocycles. The molecule has 120 valence electrons. The van der Waals surface area contributed by atoms with Gasteiger partial charge in [-0.05, 0) is 50.7 Å². The van der Waals surface area contributed by atoms with E-state index in [1.54, 1.807) is 13.0 Å². The molecule has 1 aromatic rings. The van der Waals surface area contributed by atoms with Crippen molar-refractivity contribution in [1.29, 1.82) is 0 Å². The Morgan fingerprint density at radius 2 is 1.90 bits per heavy atom. The summed E-state index contributed by atoms with van der Waals surface area (Å²) >= 11 is 5.89. The molecule has 1 aromatic carbocycles. The van der Waals surface area contributed by atoms with Crippen LogP contribution in [-0.2, 0) is 10.0 Å². The molecule has 5 nitrogen and oxygen atoms in total. The van der Waals surface area contributed by atoms with Gasteiger partial charge >= 0.3 is 0 Å². The van der Waals surface area contributed by atoms with Crippen LogP contribution in [0.1, 0.15) is 25.8 Å². The molecule has 0 aromatic heterocycles. The highest BCUT2D eigenvalue weighted by atomic mass is 35.5. The van der Waals surface area contributed by atoms with Crippen LogP contribution in [0.2, 0.25) is 5.02 Å². The van der Waals surface area contributed by atoms with Crippen LogP contribution in [0, 0.1) is 6.92 Å². The smallest absolute Gasteiger partial charge is 0.240 e. The topological polar surface area (TPSA) is 75.4 Å². The number of nitrogens with two attached hydrogens (primary N) is 1. The van der Waals surface area contributed by atoms with Crippen molar-refractivity contribution in [3.05, 3.63) is 22.7 Å². The molecular weight excluding hydrogens is 310 g/mol. The van der Waals surface area contributed by atoms with Gasteiger partial charge in [0.15, 0.2) is 0 Å². The number of rotatable bonds is 8. The minimum atomic E-state index is -3.58. The minimum absolute atomic E-state index is 0.148. The zero-order valence-corrected chi connectivity index (χ0v) is 14.4. The standard InChI is InChI=1S/C14H24ClN3O2S/c1-4-18(5-2)8-6-7-17-21(19,20)14-10-12(15)9-13(16)11(14)3/h9-10,17H,4-8,16H2,1-3H3. The second-order valence-corrected chi connectivity index (χ2v) is 7.07. The fourth-order valence-corrected chi connectivity index (χ4v) is 3.74. The summed E-state index contributed by atoms with van der Waals surface area (Å²) in [6.07, 6.45) is 0.760. The number of anilines is 1. The van der Waals surface area contributed by atoms with Gasteiger partial charge in [-0.15, -0.1) is 0 Å². The maximum absolute atomic E-state index is 12.3. The number of halogens is 1. The van der Waals surface area contributed by atoms with Crippen molar-refractivity contribution in [2.24, 2.45) is 0 Å². The first-order chi connectivity index (χ1) is 9.81. The molecule has 0 amide bonds. The average molecular weight is 334 g/mol. The molecular formula is C14H24ClN3O2S. The fourth-order valence-electron chi connectivity index (χ4n) is 2.08. The summed E-state index contributed by atoms with van der Waals surface area (Å²) in [5.41, 5.74) is 6.67. The summed E-state index contributed by atoms with van der Waals surface area (Å²) in [6.45, 7) is 9.05. The van der Waals surface area contributed by atoms with Gasteiger partial charge in [0.05, 0.1) is 4.90 Å². The van der Waals surface area contributed by atoms with Gasteiger partial charge in [-0.3, -0.25) is 0 Å². The number of nitrogens with zero attached hydrogens (tertiary/aromatic N) is 1. The van der Waals surface area contributed by atoms with E-state index in [-0.39, 0.29) is 4.90 Å². The van der Waals surface area contributed by atoms with Gasteiger partial charge in [0.2, 0.25) is 10.0 Å². The second-order valence-electron chi connectivity index (χ2n) is 4.90. The van der Waals surface area contributed by atoms with E-state index in [9.17, 15) is 8.42 Å². The summed E-state index contributed by atoms with van der Waals surface area (Å²) in [6, 6.07) is 2.98. The predicted octanol–water partition coefficient (Wildman–Crippen LogP) is 2.24. The van der Waals surface area contributed by atoms with E-state index >= 15 is 0 Å². The highest BCUT2D eigenvalue weighted by Crippen LogP contribution is 2.25. The van der Waals surface area contributed by atoms with E-state index in [1.807, 2.05) is 0 Å². The number of nitrogen functional groups attached to an aromatic ring is 1. The maximum Gasteiger partial charge on any atom is 0.240 e. The Kier molecular flexibility index (Phi) is 6.93. The van der Waals surface area contributed by atoms with E-state index in [1.165, 1.54) is 6.07 Å². The van der Waals surface area contributed by atoms with Crippen LogP contribution in [0.15, 0.2) is 17.0 Å². The number of nitrogens with one attached hydrogen (secondary N) is 1. The molecule has 0 atom stereocenters. The maximum atomic E-state index is 12.3. The molecule has 0 unspecified atom stereocenters. The zero-order valence-electron chi connectivity index (χ0n) is 12.8. The van der Waals surface area contributed by atoms with Crippen LogP contribution in [-0.4, -0.2) is 39.5 Å². The number of benzene rings is 1. The molecule has 0 heterocycles. The van der Waals surface area contributed by atoms with Gasteiger partial charge in [-0.2, -0.15) is 0 Å². The van der Waals surface area contributed by atoms with E-state index in [0.717, 1.165) is 26.1 Å². The quantitative estimate of drug-likeness (QED) is 0.565. The van der Waals surface area contributed by atoms with Crippen molar-refractivity contribution in [2.75, 3.05) is 31.9 Å². The molecule has 0 aliphatic rings. The number of sulfonamides is 1. The molecule has 0 aliphatic carbocycles. The molecule has 0 radical (unpaired) electrons. The van der Waals surface area contributed by atoms with Crippen LogP contribution in [0.5, 0.6) is 0 Å². The molecule has 1 rings (SSSR count). The minimum Gasteiger partial charge on any atom is -0.398 e. The molecule has 0 aliphatic heterocycles. The lowest BCUT2D eigenvalue weighted by Crippen LogP contribution is -2.30. The summed E-state index contributed by atoms with van der Waals surface area (Å²) in [4.78, 5) is 2.40. The first kappa shape index (κ1) is 18.2. The largest absolute Gasteiger partial charge is 0.398 e. The van der Waals surface area contributed by atoms with Crippen LogP contribution in [0.4, 0.5) is 5.69 Å². The molecule has 7 heteroatoms. The SMILES string of the molecule is CCN(CC)CCCNS(=O)(=O)c1cc(Cl)cc(N)c1C. The third kappa shape index (κ3) is 5.14. The van der Waals surface area contributed by atoms with Crippen molar-refractivity contribution in [1.82, 2.24) is 9.62 Å². The molecule has 0 fully saturated rings. The third-order valence-electron chi connectivity index (χ3n) is 3.49. The Labute approximate surface area is 132 Å². The average Bonchev–Trinajstić information content (AvgIpc) is 2.43. The fraction of sp³-hybridized carbons (Fsp3) is 0.571. The third-order valence-corrected chi connectivity index (χ3v) is 5.30. The van der Waals surface area contributed by atoms with Crippen molar-refractivity contribution in [3.63, 3.8) is 0 Å². The van der Waals surface area contributed by atoms with Crippen LogP contribution < -0.4 is 10.5 Å². The summed E-state index contributed by atoms with van der Waals surface area (Å²) < 4.78 is 27.2. The first-order valence-corrected chi connectivity index (χ1v) is 8.95. The Morgan fingerprint density at radius 1 is 1.29 bits per heavy atom. The number of hydrogen-bond donors (Lipinski definition) is 2. The lowest BCUT2D eigenvalue weighted by molar-refractivity contribution is 0.300. The lowest BCUT2D eigenvalue weighted by Gasteiger charge is -2.18. The van der Waals surface area contributed by atoms with E-state index < -0.39 is 10.0 Å². The normalized spacial score (nSPS) is 12.0. The summed E-state index contributed by atoms with van der Waals surface area (Å²) in [5.74, 6) is 0. The highest BCUT2D eigenvalue weighted by molar-refractivity contribution is 7.89. The van der Waals surface area contributed by atoms with Gasteiger partial charge in [0.25, 0.3) is 0 Å². The molecule has 0 saturated carbocycles. The van der Waals surface area contributed by atoms with Crippen molar-refractivity contribution in [2.45, 2.75) is 32.1 Å². The monoisotopic (exact) mass is 333 g/mol. The van der Waals surface area contributed by atoms with E-state index in [2.05, 4.69) is 23.5 Å². The van der Waals surface area contributed by atoms with Crippen LogP contribution >= 0.6 is 11.6 Å². The van der Waals surface area contributed by atoms with Crippen molar-refractivity contribution in [3.8, 4) is 0 Å². The summed E-state index contributed by atoms with van der Waals surface area (Å²) in [5, 5.41) is 0.321. The Morgan fingerprint density at radius 3 is 2.48 bits per heavy atom. The first-order valence-electron chi connectivity index (χ1n) is 7.09. The number of hydrogen-bond acceptors (Lipinski definition) is 4. The molecule has 0 spiro atoms. The van der Waals surface area contributed by atoms with Crippen LogP contribution in [0.25, 0.3) is 0 Å². The van der Waals surface area contributed by atoms with E-state index in [0.29, 0.717) is 22.8 Å². The van der Waals surface area contributed by atoms with Gasteiger partial charge in [-0.25, -0.2) is 13.1 Å². The van der Waals surface area contributed by atoms with Gasteiger partial charge in [0, 0.05) is 17.3 Å². The van der Waals surface area contributed by atoms with Crippen molar-refractivity contribution >= 4 is 27.3 Å². The Balaban J connectivity index is 2.71. The van der Waals surface area contributed by atoms with Gasteiger partial charge in [0.1, 0.15) is 0 Å². The predicted molar refractivity (Wildman–Crippen MR) is 88.2 cm³/mol. The molecule has 3 N–H and O–H groups in total. The Hall–Kier alpha value is -0.820. The molecule has 0 bridgehead atoms. The lowest BCUT2D eigenvalue weighted by atomic mass is 10.2. The van der Waals surface area contributed by atoms with Gasteiger partial charge in [-0.1, -0.05) is 25.4 Å². The molecule has 21 heavy (non-hydrogen) atoms. The van der Waals surface area contributed by atoms with Crippen molar-refractivity contribution < 1.29 is 8.42 Å².